The number of nitrogens with zero attached hydrogens (tertiary/aromatic N) is 1. The van der Waals surface area contributed by atoms with E-state index >= 15 is 0 Å². The Kier molecular flexibility index (Phi) is 12.9. The quantitative estimate of drug-likeness (QED) is 0.446. The summed E-state index contributed by atoms with van der Waals surface area (Å²) in [5, 5.41) is 0. The highest BCUT2D eigenvalue weighted by Gasteiger charge is 2.30. The molecule has 3 heteroatoms. The van der Waals surface area contributed by atoms with Gasteiger partial charge in [-0.2, -0.15) is 0 Å². The minimum absolute atomic E-state index is 0.223. The van der Waals surface area contributed by atoms with Crippen LogP contribution in [0.15, 0.2) is 0 Å². The fourth-order valence-electron chi connectivity index (χ4n) is 4.02. The van der Waals surface area contributed by atoms with E-state index in [0.717, 1.165) is 25.6 Å². The number of ether oxygens (including phenoxy) is 1. The van der Waals surface area contributed by atoms with E-state index in [1.807, 2.05) is 7.11 Å². The van der Waals surface area contributed by atoms with E-state index in [2.05, 4.69) is 18.7 Å². The summed E-state index contributed by atoms with van der Waals surface area (Å²) in [6.07, 6.45) is 17.9. The van der Waals surface area contributed by atoms with Crippen molar-refractivity contribution in [3.63, 3.8) is 0 Å². The van der Waals surface area contributed by atoms with Crippen LogP contribution in [0.5, 0.6) is 0 Å². The van der Waals surface area contributed by atoms with Gasteiger partial charge < -0.3 is 10.5 Å². The highest BCUT2D eigenvalue weighted by atomic mass is 16.5. The summed E-state index contributed by atoms with van der Waals surface area (Å²) >= 11 is 0. The van der Waals surface area contributed by atoms with E-state index in [4.69, 9.17) is 10.5 Å². The molecule has 1 aliphatic rings. The Morgan fingerprint density at radius 2 is 1.46 bits per heavy atom. The predicted octanol–water partition coefficient (Wildman–Crippen LogP) is 5.12. The summed E-state index contributed by atoms with van der Waals surface area (Å²) in [5.74, 6) is 0. The van der Waals surface area contributed by atoms with Gasteiger partial charge in [0.05, 0.1) is 6.10 Å². The lowest BCUT2D eigenvalue weighted by atomic mass is 9.95. The van der Waals surface area contributed by atoms with Crippen molar-refractivity contribution in [1.29, 1.82) is 0 Å². The number of piperidine rings is 1. The molecule has 0 unspecified atom stereocenters. The lowest BCUT2D eigenvalue weighted by molar-refractivity contribution is -0.00242. The fourth-order valence-corrected chi connectivity index (χ4v) is 4.02. The minimum Gasteiger partial charge on any atom is -0.379 e. The van der Waals surface area contributed by atoms with Gasteiger partial charge >= 0.3 is 0 Å². The van der Waals surface area contributed by atoms with Gasteiger partial charge in [-0.3, -0.25) is 4.90 Å². The third kappa shape index (κ3) is 8.82. The first-order chi connectivity index (χ1) is 11.7. The molecule has 0 aromatic carbocycles. The number of unbranched alkanes of at least 4 members (excludes halogenated alkanes) is 8. The van der Waals surface area contributed by atoms with Crippen molar-refractivity contribution in [2.24, 2.45) is 5.73 Å². The van der Waals surface area contributed by atoms with Gasteiger partial charge in [0.1, 0.15) is 0 Å². The molecule has 1 aliphatic heterocycles. The molecule has 0 radical (unpaired) electrons. The Hall–Kier alpha value is -0.120. The Morgan fingerprint density at radius 3 is 1.96 bits per heavy atom. The zero-order valence-corrected chi connectivity index (χ0v) is 16.8. The molecule has 0 bridgehead atoms. The van der Waals surface area contributed by atoms with Crippen molar-refractivity contribution in [2.45, 2.75) is 116 Å². The summed E-state index contributed by atoms with van der Waals surface area (Å²) in [6, 6.07) is 0.972. The fraction of sp³-hybridized carbons (Fsp3) is 1.00. The van der Waals surface area contributed by atoms with Gasteiger partial charge in [0.2, 0.25) is 0 Å². The van der Waals surface area contributed by atoms with Crippen molar-refractivity contribution in [2.75, 3.05) is 20.2 Å². The molecular formula is C21H44N2O. The van der Waals surface area contributed by atoms with Crippen LogP contribution in [0.2, 0.25) is 0 Å². The average Bonchev–Trinajstić information content (AvgIpc) is 2.60. The molecule has 1 fully saturated rings. The van der Waals surface area contributed by atoms with Crippen LogP contribution in [0.25, 0.3) is 0 Å². The smallest absolute Gasteiger partial charge is 0.0849 e. The van der Waals surface area contributed by atoms with E-state index in [9.17, 15) is 0 Å². The van der Waals surface area contributed by atoms with Gasteiger partial charge in [0.15, 0.2) is 0 Å². The van der Waals surface area contributed by atoms with Crippen molar-refractivity contribution >= 4 is 0 Å². The molecule has 2 N–H and O–H groups in total. The second kappa shape index (κ2) is 14.1. The average molecular weight is 341 g/mol. The second-order valence-corrected chi connectivity index (χ2v) is 7.78. The van der Waals surface area contributed by atoms with Gasteiger partial charge in [-0.1, -0.05) is 78.1 Å². The molecule has 24 heavy (non-hydrogen) atoms. The van der Waals surface area contributed by atoms with E-state index < -0.39 is 0 Å². The number of methoxy groups -OCH3 is 1. The van der Waals surface area contributed by atoms with Crippen LogP contribution in [-0.2, 0) is 4.74 Å². The zero-order chi connectivity index (χ0) is 17.6. The number of rotatable bonds is 14. The minimum atomic E-state index is 0.223. The highest BCUT2D eigenvalue weighted by molar-refractivity contribution is 4.87. The summed E-state index contributed by atoms with van der Waals surface area (Å²) in [6.45, 7) is 6.78. The molecule has 0 aromatic heterocycles. The number of hydrogen-bond acceptors (Lipinski definition) is 3. The number of likely N-dealkylation sites (tertiary alicyclic amines) is 1. The maximum atomic E-state index is 6.21. The third-order valence-corrected chi connectivity index (χ3v) is 5.74. The van der Waals surface area contributed by atoms with Crippen LogP contribution in [0, 0.1) is 0 Å². The molecule has 1 rings (SSSR count). The summed E-state index contributed by atoms with van der Waals surface area (Å²) in [7, 11) is 1.82. The Morgan fingerprint density at radius 1 is 0.917 bits per heavy atom. The third-order valence-electron chi connectivity index (χ3n) is 5.74. The normalized spacial score (nSPS) is 22.4. The molecule has 2 atom stereocenters. The molecule has 0 aromatic rings. The van der Waals surface area contributed by atoms with Crippen LogP contribution >= 0.6 is 0 Å². The monoisotopic (exact) mass is 340 g/mol. The molecule has 0 amide bonds. The largest absolute Gasteiger partial charge is 0.379 e. The number of hydrogen-bond donors (Lipinski definition) is 1. The highest BCUT2D eigenvalue weighted by Crippen LogP contribution is 2.22. The first-order valence-electron chi connectivity index (χ1n) is 10.7. The van der Waals surface area contributed by atoms with Gasteiger partial charge in [0, 0.05) is 32.3 Å². The first-order valence-corrected chi connectivity index (χ1v) is 10.7. The Bertz CT molecular complexity index is 271. The summed E-state index contributed by atoms with van der Waals surface area (Å²) in [5.41, 5.74) is 6.21. The van der Waals surface area contributed by atoms with Gasteiger partial charge in [-0.05, 0) is 19.3 Å². The lowest BCUT2D eigenvalue weighted by Gasteiger charge is -2.40. The van der Waals surface area contributed by atoms with Crippen molar-refractivity contribution in [3.8, 4) is 0 Å². The van der Waals surface area contributed by atoms with E-state index in [-0.39, 0.29) is 12.1 Å². The van der Waals surface area contributed by atoms with E-state index in [1.165, 1.54) is 77.0 Å². The van der Waals surface area contributed by atoms with E-state index in [1.54, 1.807) is 0 Å². The van der Waals surface area contributed by atoms with Crippen molar-refractivity contribution < 1.29 is 4.74 Å². The Balaban J connectivity index is 2.40. The maximum absolute atomic E-state index is 6.21. The predicted molar refractivity (Wildman–Crippen MR) is 106 cm³/mol. The molecule has 3 nitrogen and oxygen atoms in total. The maximum Gasteiger partial charge on any atom is 0.0849 e. The van der Waals surface area contributed by atoms with Crippen LogP contribution < -0.4 is 5.73 Å². The molecule has 0 spiro atoms. The Labute approximate surface area is 151 Å². The van der Waals surface area contributed by atoms with Crippen LogP contribution in [0.3, 0.4) is 0 Å². The zero-order valence-electron chi connectivity index (χ0n) is 16.8. The SMILES string of the molecule is CCCCCCCC(CCCCCCC)N1CC[C@@H](N)[C@@H](OC)C1. The molecule has 0 aliphatic carbocycles. The molecule has 1 heterocycles. The van der Waals surface area contributed by atoms with Gasteiger partial charge in [-0.15, -0.1) is 0 Å². The van der Waals surface area contributed by atoms with Crippen molar-refractivity contribution in [3.05, 3.63) is 0 Å². The van der Waals surface area contributed by atoms with Gasteiger partial charge in [-0.25, -0.2) is 0 Å². The first kappa shape index (κ1) is 21.9. The molecule has 144 valence electrons. The standard InChI is InChI=1S/C21H44N2O/c1-4-6-8-10-12-14-19(15-13-11-9-7-5-2)23-17-16-20(22)21(18-23)24-3/h19-21H,4-18,22H2,1-3H3/t20-,21+/m1/s1. The molecular weight excluding hydrogens is 296 g/mol. The van der Waals surface area contributed by atoms with Crippen molar-refractivity contribution in [1.82, 2.24) is 4.90 Å². The summed E-state index contributed by atoms with van der Waals surface area (Å²) < 4.78 is 5.63. The summed E-state index contributed by atoms with van der Waals surface area (Å²) in [4.78, 5) is 2.69. The molecule has 1 saturated heterocycles. The number of nitrogens with two attached hydrogens (primary N) is 1. The van der Waals surface area contributed by atoms with Crippen LogP contribution in [0.4, 0.5) is 0 Å². The van der Waals surface area contributed by atoms with Crippen LogP contribution in [0.1, 0.15) is 97.3 Å². The lowest BCUT2D eigenvalue weighted by Crippen LogP contribution is -2.54. The van der Waals surface area contributed by atoms with E-state index in [0.29, 0.717) is 0 Å². The topological polar surface area (TPSA) is 38.5 Å². The molecule has 0 saturated carbocycles. The van der Waals surface area contributed by atoms with Gasteiger partial charge in [0.25, 0.3) is 0 Å². The van der Waals surface area contributed by atoms with Crippen LogP contribution in [-0.4, -0.2) is 43.3 Å². The second-order valence-electron chi connectivity index (χ2n) is 7.78.